The van der Waals surface area contributed by atoms with Crippen LogP contribution in [0.5, 0.6) is 5.75 Å². The molecule has 7 heteroatoms. The zero-order valence-electron chi connectivity index (χ0n) is 14.2. The van der Waals surface area contributed by atoms with Crippen molar-refractivity contribution in [2.45, 2.75) is 52.8 Å². The van der Waals surface area contributed by atoms with E-state index < -0.39 is 6.10 Å². The van der Waals surface area contributed by atoms with E-state index in [2.05, 4.69) is 15.5 Å². The average Bonchev–Trinajstić information content (AvgIpc) is 3.01. The number of ether oxygens (including phenoxy) is 1. The highest BCUT2D eigenvalue weighted by atomic mass is 16.5. The van der Waals surface area contributed by atoms with Gasteiger partial charge in [-0.05, 0) is 69.3 Å². The number of amides is 1. The lowest BCUT2D eigenvalue weighted by atomic mass is 10.2. The summed E-state index contributed by atoms with van der Waals surface area (Å²) in [5, 5.41) is 11.0. The van der Waals surface area contributed by atoms with Gasteiger partial charge in [-0.1, -0.05) is 0 Å². The number of rotatable bonds is 6. The first-order valence-corrected chi connectivity index (χ1v) is 7.72. The lowest BCUT2D eigenvalue weighted by molar-refractivity contribution is -0.141. The first-order chi connectivity index (χ1) is 10.9. The van der Waals surface area contributed by atoms with E-state index in [1.165, 1.54) is 6.33 Å². The molecule has 2 aromatic rings. The minimum atomic E-state index is -0.543. The van der Waals surface area contributed by atoms with Crippen molar-refractivity contribution in [3.63, 3.8) is 0 Å². The van der Waals surface area contributed by atoms with Gasteiger partial charge in [0, 0.05) is 12.1 Å². The van der Waals surface area contributed by atoms with Gasteiger partial charge < -0.3 is 9.64 Å². The Morgan fingerprint density at radius 2 is 1.70 bits per heavy atom. The molecule has 0 saturated carbocycles. The second-order valence-electron chi connectivity index (χ2n) is 5.94. The summed E-state index contributed by atoms with van der Waals surface area (Å²) in [6.45, 7) is 9.80. The van der Waals surface area contributed by atoms with Crippen molar-refractivity contribution >= 4 is 5.91 Å². The van der Waals surface area contributed by atoms with Gasteiger partial charge >= 0.3 is 0 Å². The van der Waals surface area contributed by atoms with E-state index in [0.29, 0.717) is 5.75 Å². The first-order valence-electron chi connectivity index (χ1n) is 7.72. The molecule has 0 aliphatic heterocycles. The van der Waals surface area contributed by atoms with E-state index in [-0.39, 0.29) is 18.0 Å². The predicted octanol–water partition coefficient (Wildman–Crippen LogP) is 2.07. The molecule has 0 saturated heterocycles. The summed E-state index contributed by atoms with van der Waals surface area (Å²) in [5.74, 6) is 0.620. The normalized spacial score (nSPS) is 12.5. The van der Waals surface area contributed by atoms with Gasteiger partial charge in [-0.3, -0.25) is 4.79 Å². The monoisotopic (exact) mass is 317 g/mol. The molecule has 23 heavy (non-hydrogen) atoms. The molecule has 0 fully saturated rings. The molecule has 124 valence electrons. The maximum atomic E-state index is 12.6. The second kappa shape index (κ2) is 7.21. The smallest absolute Gasteiger partial charge is 0.263 e. The number of benzene rings is 1. The molecule has 0 aliphatic carbocycles. The number of hydrogen-bond acceptors (Lipinski definition) is 5. The Bertz CT molecular complexity index is 614. The predicted molar refractivity (Wildman–Crippen MR) is 86.4 cm³/mol. The van der Waals surface area contributed by atoms with E-state index >= 15 is 0 Å². The molecule has 1 aromatic carbocycles. The van der Waals surface area contributed by atoms with Gasteiger partial charge in [-0.25, -0.2) is 4.68 Å². The van der Waals surface area contributed by atoms with E-state index in [1.807, 2.05) is 44.7 Å². The molecule has 7 nitrogen and oxygen atoms in total. The summed E-state index contributed by atoms with van der Waals surface area (Å²) in [6.07, 6.45) is 0.976. The zero-order valence-corrected chi connectivity index (χ0v) is 14.2. The van der Waals surface area contributed by atoms with Crippen molar-refractivity contribution < 1.29 is 9.53 Å². The van der Waals surface area contributed by atoms with Crippen molar-refractivity contribution in [3.05, 3.63) is 30.6 Å². The van der Waals surface area contributed by atoms with Gasteiger partial charge in [0.1, 0.15) is 12.1 Å². The largest absolute Gasteiger partial charge is 0.481 e. The minimum Gasteiger partial charge on any atom is -0.481 e. The average molecular weight is 317 g/mol. The Morgan fingerprint density at radius 3 is 2.17 bits per heavy atom. The highest BCUT2D eigenvalue weighted by Gasteiger charge is 2.26. The Hall–Kier alpha value is -2.44. The van der Waals surface area contributed by atoms with Crippen molar-refractivity contribution in [1.29, 1.82) is 0 Å². The molecule has 0 radical (unpaired) electrons. The number of hydrogen-bond donors (Lipinski definition) is 0. The Kier molecular flexibility index (Phi) is 5.31. The lowest BCUT2D eigenvalue weighted by Crippen LogP contribution is -2.47. The topological polar surface area (TPSA) is 73.1 Å². The molecule has 0 bridgehead atoms. The van der Waals surface area contributed by atoms with Crippen LogP contribution in [-0.2, 0) is 4.79 Å². The van der Waals surface area contributed by atoms with Crippen LogP contribution in [0.3, 0.4) is 0 Å². The quantitative estimate of drug-likeness (QED) is 0.815. The van der Waals surface area contributed by atoms with Crippen LogP contribution in [0.15, 0.2) is 30.6 Å². The van der Waals surface area contributed by atoms with Crippen LogP contribution in [-0.4, -0.2) is 49.2 Å². The standard InChI is InChI=1S/C16H23N5O2/c1-11(2)21(12(3)4)16(22)13(5)23-15-8-6-14(7-9-15)20-10-17-18-19-20/h6-13H,1-5H3/t13-/m0/s1. The van der Waals surface area contributed by atoms with E-state index in [0.717, 1.165) is 5.69 Å². The zero-order chi connectivity index (χ0) is 17.0. The molecular formula is C16H23N5O2. The number of aromatic nitrogens is 4. The van der Waals surface area contributed by atoms with E-state index in [1.54, 1.807) is 23.7 Å². The molecule has 1 amide bonds. The van der Waals surface area contributed by atoms with Crippen LogP contribution in [0.1, 0.15) is 34.6 Å². The SMILES string of the molecule is CC(C)N(C(=O)[C@H](C)Oc1ccc(-n2cnnn2)cc1)C(C)C. The second-order valence-corrected chi connectivity index (χ2v) is 5.94. The molecule has 0 N–H and O–H groups in total. The summed E-state index contributed by atoms with van der Waals surface area (Å²) >= 11 is 0. The maximum absolute atomic E-state index is 12.6. The summed E-state index contributed by atoms with van der Waals surface area (Å²) in [6, 6.07) is 7.55. The van der Waals surface area contributed by atoms with Crippen LogP contribution in [0, 0.1) is 0 Å². The van der Waals surface area contributed by atoms with Crippen LogP contribution in [0.2, 0.25) is 0 Å². The first kappa shape index (κ1) is 16.9. The Labute approximate surface area is 136 Å². The third-order valence-electron chi connectivity index (χ3n) is 3.48. The molecule has 1 aromatic heterocycles. The van der Waals surface area contributed by atoms with Crippen LogP contribution in [0.25, 0.3) is 5.69 Å². The maximum Gasteiger partial charge on any atom is 0.263 e. The van der Waals surface area contributed by atoms with E-state index in [9.17, 15) is 4.79 Å². The third kappa shape index (κ3) is 4.06. The van der Waals surface area contributed by atoms with E-state index in [4.69, 9.17) is 4.74 Å². The molecule has 0 unspecified atom stereocenters. The van der Waals surface area contributed by atoms with Gasteiger partial charge in [-0.2, -0.15) is 0 Å². The fourth-order valence-corrected chi connectivity index (χ4v) is 2.53. The summed E-state index contributed by atoms with van der Waals surface area (Å²) in [4.78, 5) is 14.4. The third-order valence-corrected chi connectivity index (χ3v) is 3.48. The van der Waals surface area contributed by atoms with Crippen molar-refractivity contribution in [2.24, 2.45) is 0 Å². The fourth-order valence-electron chi connectivity index (χ4n) is 2.53. The lowest BCUT2D eigenvalue weighted by Gasteiger charge is -2.33. The van der Waals surface area contributed by atoms with Crippen LogP contribution < -0.4 is 4.74 Å². The minimum absolute atomic E-state index is 0.0143. The highest BCUT2D eigenvalue weighted by molar-refractivity contribution is 5.81. The number of carbonyl (C=O) groups excluding carboxylic acids is 1. The summed E-state index contributed by atoms with van der Waals surface area (Å²) < 4.78 is 7.33. The Morgan fingerprint density at radius 1 is 1.09 bits per heavy atom. The van der Waals surface area contributed by atoms with Crippen molar-refractivity contribution in [2.75, 3.05) is 0 Å². The number of nitrogens with zero attached hydrogens (tertiary/aromatic N) is 5. The van der Waals surface area contributed by atoms with Gasteiger partial charge in [0.25, 0.3) is 5.91 Å². The highest BCUT2D eigenvalue weighted by Crippen LogP contribution is 2.17. The summed E-state index contributed by atoms with van der Waals surface area (Å²) in [5.41, 5.74) is 0.826. The van der Waals surface area contributed by atoms with Gasteiger partial charge in [-0.15, -0.1) is 5.10 Å². The van der Waals surface area contributed by atoms with Crippen LogP contribution in [0.4, 0.5) is 0 Å². The number of tetrazole rings is 1. The van der Waals surface area contributed by atoms with Gasteiger partial charge in [0.05, 0.1) is 5.69 Å². The van der Waals surface area contributed by atoms with Crippen molar-refractivity contribution in [3.8, 4) is 11.4 Å². The van der Waals surface area contributed by atoms with Gasteiger partial charge in [0.15, 0.2) is 6.10 Å². The molecule has 1 heterocycles. The molecular weight excluding hydrogens is 294 g/mol. The fraction of sp³-hybridized carbons (Fsp3) is 0.500. The molecule has 1 atom stereocenters. The number of carbonyl (C=O) groups is 1. The Balaban J connectivity index is 2.05. The molecule has 2 rings (SSSR count). The molecule has 0 spiro atoms. The molecule has 0 aliphatic rings. The summed E-state index contributed by atoms with van der Waals surface area (Å²) in [7, 11) is 0. The van der Waals surface area contributed by atoms with Gasteiger partial charge in [0.2, 0.25) is 0 Å². The van der Waals surface area contributed by atoms with Crippen LogP contribution >= 0.6 is 0 Å². The van der Waals surface area contributed by atoms with Crippen molar-refractivity contribution in [1.82, 2.24) is 25.1 Å².